The fraction of sp³-hybridized carbons (Fsp3) is 0.333. The quantitative estimate of drug-likeness (QED) is 0.473. The van der Waals surface area contributed by atoms with Crippen LogP contribution in [0, 0.1) is 5.92 Å². The predicted molar refractivity (Wildman–Crippen MR) is 126 cm³/mol. The molecule has 1 atom stereocenters. The lowest BCUT2D eigenvalue weighted by molar-refractivity contribution is -0.125. The van der Waals surface area contributed by atoms with Crippen LogP contribution >= 0.6 is 11.3 Å². The van der Waals surface area contributed by atoms with Crippen LogP contribution in [-0.4, -0.2) is 42.6 Å². The Hall–Kier alpha value is -3.06. The molecular weight excluding hydrogens is 408 g/mol. The number of rotatable bonds is 6. The van der Waals surface area contributed by atoms with Crippen LogP contribution in [0.5, 0.6) is 5.75 Å². The summed E-state index contributed by atoms with van der Waals surface area (Å²) in [6.07, 6.45) is 4.79. The molecule has 1 aliphatic rings. The number of H-pyrrole nitrogens is 1. The number of carbonyl (C=O) groups is 1. The summed E-state index contributed by atoms with van der Waals surface area (Å²) in [5.74, 6) is 0.986. The number of thiazole rings is 1. The molecule has 2 aromatic carbocycles. The van der Waals surface area contributed by atoms with E-state index in [1.807, 2.05) is 36.5 Å². The second kappa shape index (κ2) is 8.59. The Labute approximate surface area is 185 Å². The van der Waals surface area contributed by atoms with E-state index in [9.17, 15) is 4.79 Å². The highest BCUT2D eigenvalue weighted by Gasteiger charge is 2.27. The van der Waals surface area contributed by atoms with Gasteiger partial charge in [0.2, 0.25) is 5.91 Å². The monoisotopic (exact) mass is 434 g/mol. The van der Waals surface area contributed by atoms with E-state index in [-0.39, 0.29) is 11.8 Å². The minimum Gasteiger partial charge on any atom is -0.497 e. The molecule has 2 aromatic heterocycles. The van der Waals surface area contributed by atoms with E-state index in [0.29, 0.717) is 6.54 Å². The second-order valence-electron chi connectivity index (χ2n) is 8.02. The van der Waals surface area contributed by atoms with Crippen molar-refractivity contribution in [2.24, 2.45) is 5.92 Å². The van der Waals surface area contributed by atoms with Gasteiger partial charge in [0.05, 0.1) is 23.2 Å². The highest BCUT2D eigenvalue weighted by Crippen LogP contribution is 2.33. The Kier molecular flexibility index (Phi) is 5.51. The molecule has 6 nitrogen and oxygen atoms in total. The number of nitrogens with zero attached hydrogens (tertiary/aromatic N) is 2. The first-order valence-corrected chi connectivity index (χ1v) is 11.5. The van der Waals surface area contributed by atoms with E-state index in [4.69, 9.17) is 9.72 Å². The number of methoxy groups -OCH3 is 1. The largest absolute Gasteiger partial charge is 0.497 e. The van der Waals surface area contributed by atoms with Gasteiger partial charge < -0.3 is 19.9 Å². The first kappa shape index (κ1) is 19.9. The summed E-state index contributed by atoms with van der Waals surface area (Å²) >= 11 is 1.66. The smallest absolute Gasteiger partial charge is 0.224 e. The molecule has 3 heterocycles. The maximum Gasteiger partial charge on any atom is 0.224 e. The van der Waals surface area contributed by atoms with Crippen molar-refractivity contribution >= 4 is 43.5 Å². The molecule has 1 unspecified atom stereocenters. The highest BCUT2D eigenvalue weighted by molar-refractivity contribution is 7.22. The molecule has 0 radical (unpaired) electrons. The molecule has 7 heteroatoms. The second-order valence-corrected chi connectivity index (χ2v) is 9.02. The number of amides is 1. The summed E-state index contributed by atoms with van der Waals surface area (Å²) in [5.41, 5.74) is 3.36. The summed E-state index contributed by atoms with van der Waals surface area (Å²) in [6, 6.07) is 14.2. The molecule has 0 bridgehead atoms. The van der Waals surface area contributed by atoms with Gasteiger partial charge in [0.1, 0.15) is 5.75 Å². The lowest BCUT2D eigenvalue weighted by Gasteiger charge is -2.31. The number of nitrogens with one attached hydrogen (secondary N) is 2. The summed E-state index contributed by atoms with van der Waals surface area (Å²) in [4.78, 5) is 23.2. The number of aromatic amines is 1. The number of carbonyl (C=O) groups excluding carboxylic acids is 1. The van der Waals surface area contributed by atoms with Gasteiger partial charge in [-0.05, 0) is 49.1 Å². The van der Waals surface area contributed by atoms with E-state index in [2.05, 4.69) is 27.3 Å². The van der Waals surface area contributed by atoms with Crippen LogP contribution < -0.4 is 15.0 Å². The van der Waals surface area contributed by atoms with E-state index >= 15 is 0 Å². The fourth-order valence-corrected chi connectivity index (χ4v) is 5.35. The minimum absolute atomic E-state index is 0.00160. The number of aromatic nitrogens is 2. The van der Waals surface area contributed by atoms with Crippen LogP contribution in [0.2, 0.25) is 0 Å². The number of anilines is 1. The number of benzene rings is 2. The van der Waals surface area contributed by atoms with Crippen molar-refractivity contribution in [3.63, 3.8) is 0 Å². The van der Waals surface area contributed by atoms with Gasteiger partial charge in [-0.2, -0.15) is 0 Å². The highest BCUT2D eigenvalue weighted by atomic mass is 32.1. The van der Waals surface area contributed by atoms with Crippen LogP contribution in [0.3, 0.4) is 0 Å². The Balaban J connectivity index is 1.20. The fourth-order valence-electron chi connectivity index (χ4n) is 4.32. The summed E-state index contributed by atoms with van der Waals surface area (Å²) in [5, 5.41) is 5.37. The van der Waals surface area contributed by atoms with Gasteiger partial charge in [-0.1, -0.05) is 29.5 Å². The molecule has 160 valence electrons. The number of hydrogen-bond acceptors (Lipinski definition) is 5. The zero-order valence-corrected chi connectivity index (χ0v) is 18.4. The van der Waals surface area contributed by atoms with Crippen molar-refractivity contribution in [1.29, 1.82) is 0 Å². The minimum atomic E-state index is -0.00160. The van der Waals surface area contributed by atoms with Gasteiger partial charge >= 0.3 is 0 Å². The Bertz CT molecular complexity index is 1210. The van der Waals surface area contributed by atoms with E-state index in [0.717, 1.165) is 59.0 Å². The molecule has 1 fully saturated rings. The van der Waals surface area contributed by atoms with E-state index < -0.39 is 0 Å². The van der Waals surface area contributed by atoms with Crippen molar-refractivity contribution < 1.29 is 9.53 Å². The van der Waals surface area contributed by atoms with Crippen molar-refractivity contribution in [3.8, 4) is 5.75 Å². The first-order chi connectivity index (χ1) is 15.2. The van der Waals surface area contributed by atoms with E-state index in [1.165, 1.54) is 10.9 Å². The van der Waals surface area contributed by atoms with Gasteiger partial charge in [-0.25, -0.2) is 4.98 Å². The van der Waals surface area contributed by atoms with Crippen LogP contribution in [0.15, 0.2) is 48.7 Å². The SMILES string of the molecule is COc1ccc2nc(N3CCCC(C(=O)NCCc4c[nH]c5ccccc45)C3)sc2c1. The van der Waals surface area contributed by atoms with Crippen LogP contribution in [-0.2, 0) is 11.2 Å². The Morgan fingerprint density at radius 2 is 2.23 bits per heavy atom. The summed E-state index contributed by atoms with van der Waals surface area (Å²) < 4.78 is 6.43. The van der Waals surface area contributed by atoms with Crippen molar-refractivity contribution in [1.82, 2.24) is 15.3 Å². The first-order valence-electron chi connectivity index (χ1n) is 10.7. The zero-order valence-electron chi connectivity index (χ0n) is 17.6. The average molecular weight is 435 g/mol. The maximum absolute atomic E-state index is 12.8. The summed E-state index contributed by atoms with van der Waals surface area (Å²) in [7, 11) is 1.68. The molecule has 4 aromatic rings. The molecule has 0 aliphatic carbocycles. The number of para-hydroxylation sites is 1. The molecule has 2 N–H and O–H groups in total. The van der Waals surface area contributed by atoms with Crippen molar-refractivity contribution in [2.45, 2.75) is 19.3 Å². The Morgan fingerprint density at radius 3 is 3.13 bits per heavy atom. The molecule has 0 saturated carbocycles. The van der Waals surface area contributed by atoms with Crippen molar-refractivity contribution in [2.75, 3.05) is 31.6 Å². The maximum atomic E-state index is 12.8. The van der Waals surface area contributed by atoms with E-state index in [1.54, 1.807) is 18.4 Å². The molecule has 1 amide bonds. The normalized spacial score (nSPS) is 16.7. The van der Waals surface area contributed by atoms with Gasteiger partial charge in [-0.3, -0.25) is 4.79 Å². The third-order valence-corrected chi connectivity index (χ3v) is 7.09. The molecule has 1 aliphatic heterocycles. The topological polar surface area (TPSA) is 70.2 Å². The third-order valence-electron chi connectivity index (χ3n) is 6.02. The molecule has 31 heavy (non-hydrogen) atoms. The molecule has 0 spiro atoms. The predicted octanol–water partition coefficient (Wildman–Crippen LogP) is 4.36. The van der Waals surface area contributed by atoms with Gasteiger partial charge in [0, 0.05) is 36.7 Å². The van der Waals surface area contributed by atoms with Gasteiger partial charge in [0.25, 0.3) is 0 Å². The number of hydrogen-bond donors (Lipinski definition) is 2. The van der Waals surface area contributed by atoms with Crippen molar-refractivity contribution in [3.05, 3.63) is 54.2 Å². The van der Waals surface area contributed by atoms with Crippen LogP contribution in [0.1, 0.15) is 18.4 Å². The third kappa shape index (κ3) is 4.10. The number of ether oxygens (including phenoxy) is 1. The average Bonchev–Trinajstić information content (AvgIpc) is 3.43. The lowest BCUT2D eigenvalue weighted by atomic mass is 9.97. The van der Waals surface area contributed by atoms with Crippen LogP contribution in [0.25, 0.3) is 21.1 Å². The number of fused-ring (bicyclic) bond motifs is 2. The van der Waals surface area contributed by atoms with Crippen LogP contribution in [0.4, 0.5) is 5.13 Å². The molecule has 5 rings (SSSR count). The summed E-state index contributed by atoms with van der Waals surface area (Å²) in [6.45, 7) is 2.31. The molecular formula is C24H26N4O2S. The number of piperidine rings is 1. The zero-order chi connectivity index (χ0) is 21.2. The van der Waals surface area contributed by atoms with Gasteiger partial charge in [-0.15, -0.1) is 0 Å². The molecule has 1 saturated heterocycles. The lowest BCUT2D eigenvalue weighted by Crippen LogP contribution is -2.43. The van der Waals surface area contributed by atoms with Gasteiger partial charge in [0.15, 0.2) is 5.13 Å². The Morgan fingerprint density at radius 1 is 1.32 bits per heavy atom. The standard InChI is InChI=1S/C24H26N4O2S/c1-30-18-8-9-21-22(13-18)31-24(27-21)28-12-4-5-17(15-28)23(29)25-11-10-16-14-26-20-7-3-2-6-19(16)20/h2-3,6-9,13-14,17,26H,4-5,10-12,15H2,1H3,(H,25,29).